The van der Waals surface area contributed by atoms with Crippen molar-refractivity contribution in [3.05, 3.63) is 89.0 Å². The predicted octanol–water partition coefficient (Wildman–Crippen LogP) is 5.47. The van der Waals surface area contributed by atoms with Crippen LogP contribution in [0.2, 0.25) is 0 Å². The Morgan fingerprint density at radius 2 is 1.77 bits per heavy atom. The zero-order valence-electron chi connectivity index (χ0n) is 21.8. The van der Waals surface area contributed by atoms with Gasteiger partial charge in [-0.25, -0.2) is 18.3 Å². The van der Waals surface area contributed by atoms with E-state index in [9.17, 15) is 13.6 Å². The van der Waals surface area contributed by atoms with Crippen LogP contribution in [0.3, 0.4) is 0 Å². The molecule has 5 aromatic rings. The molecule has 3 aromatic heterocycles. The SMILES string of the molecule is COc1ccc(Cn2nc(C)c(NC(=O)c3cnn4c(C(F)F)cc(-c5ccccc5)nc34)c2C)cc1OC. The van der Waals surface area contributed by atoms with E-state index in [0.717, 1.165) is 15.8 Å². The summed E-state index contributed by atoms with van der Waals surface area (Å²) in [5, 5.41) is 11.5. The molecule has 0 saturated heterocycles. The van der Waals surface area contributed by atoms with Crippen molar-refractivity contribution in [1.82, 2.24) is 24.4 Å². The molecule has 9 nitrogen and oxygen atoms in total. The van der Waals surface area contributed by atoms with E-state index in [-0.39, 0.29) is 16.9 Å². The molecule has 5 rings (SSSR count). The minimum absolute atomic E-state index is 0.0391. The zero-order chi connectivity index (χ0) is 27.7. The van der Waals surface area contributed by atoms with Gasteiger partial charge >= 0.3 is 0 Å². The number of nitrogens with zero attached hydrogens (tertiary/aromatic N) is 5. The van der Waals surface area contributed by atoms with E-state index in [4.69, 9.17) is 9.47 Å². The number of rotatable bonds is 8. The second kappa shape index (κ2) is 10.5. The van der Waals surface area contributed by atoms with E-state index < -0.39 is 12.3 Å². The fourth-order valence-electron chi connectivity index (χ4n) is 4.42. The maximum absolute atomic E-state index is 13.9. The first-order valence-electron chi connectivity index (χ1n) is 12.1. The molecule has 0 bridgehead atoms. The number of halogens is 2. The predicted molar refractivity (Wildman–Crippen MR) is 142 cm³/mol. The quantitative estimate of drug-likeness (QED) is 0.285. The van der Waals surface area contributed by atoms with Crippen molar-refractivity contribution in [2.75, 3.05) is 19.5 Å². The molecule has 0 unspecified atom stereocenters. The molecule has 1 amide bonds. The van der Waals surface area contributed by atoms with Crippen molar-refractivity contribution in [3.8, 4) is 22.8 Å². The molecule has 2 aromatic carbocycles. The molecular weight excluding hydrogens is 506 g/mol. The number of aryl methyl sites for hydroxylation is 1. The summed E-state index contributed by atoms with van der Waals surface area (Å²) in [6.07, 6.45) is -1.56. The molecule has 0 aliphatic carbocycles. The average molecular weight is 533 g/mol. The van der Waals surface area contributed by atoms with Crippen molar-refractivity contribution >= 4 is 17.2 Å². The van der Waals surface area contributed by atoms with Crippen LogP contribution in [0.25, 0.3) is 16.9 Å². The Balaban J connectivity index is 1.47. The molecule has 0 radical (unpaired) electrons. The van der Waals surface area contributed by atoms with Crippen LogP contribution in [-0.4, -0.2) is 44.5 Å². The number of ether oxygens (including phenoxy) is 2. The number of benzene rings is 2. The van der Waals surface area contributed by atoms with Gasteiger partial charge in [-0.15, -0.1) is 0 Å². The molecule has 0 saturated carbocycles. The maximum Gasteiger partial charge on any atom is 0.280 e. The molecule has 0 atom stereocenters. The average Bonchev–Trinajstić information content (AvgIpc) is 3.49. The van der Waals surface area contributed by atoms with Crippen LogP contribution in [-0.2, 0) is 6.54 Å². The van der Waals surface area contributed by atoms with Crippen LogP contribution in [0.4, 0.5) is 14.5 Å². The van der Waals surface area contributed by atoms with Crippen LogP contribution < -0.4 is 14.8 Å². The van der Waals surface area contributed by atoms with E-state index >= 15 is 0 Å². The van der Waals surface area contributed by atoms with Crippen molar-refractivity contribution in [2.45, 2.75) is 26.8 Å². The van der Waals surface area contributed by atoms with Gasteiger partial charge in [0.1, 0.15) is 11.3 Å². The van der Waals surface area contributed by atoms with Gasteiger partial charge in [0.2, 0.25) is 0 Å². The van der Waals surface area contributed by atoms with Crippen molar-refractivity contribution in [3.63, 3.8) is 0 Å². The minimum atomic E-state index is -2.81. The summed E-state index contributed by atoms with van der Waals surface area (Å²) in [5.74, 6) is 0.693. The van der Waals surface area contributed by atoms with Gasteiger partial charge in [0.05, 0.1) is 49.7 Å². The third kappa shape index (κ3) is 4.90. The summed E-state index contributed by atoms with van der Waals surface area (Å²) in [6.45, 7) is 4.05. The van der Waals surface area contributed by atoms with Crippen LogP contribution in [0, 0.1) is 13.8 Å². The second-order valence-electron chi connectivity index (χ2n) is 8.87. The van der Waals surface area contributed by atoms with Crippen molar-refractivity contribution in [1.29, 1.82) is 0 Å². The Morgan fingerprint density at radius 1 is 1.03 bits per heavy atom. The maximum atomic E-state index is 13.9. The highest BCUT2D eigenvalue weighted by Gasteiger charge is 2.23. The summed E-state index contributed by atoms with van der Waals surface area (Å²) in [5.41, 5.74) is 3.50. The monoisotopic (exact) mass is 532 g/mol. The summed E-state index contributed by atoms with van der Waals surface area (Å²) >= 11 is 0. The third-order valence-electron chi connectivity index (χ3n) is 6.44. The number of methoxy groups -OCH3 is 2. The summed E-state index contributed by atoms with van der Waals surface area (Å²) in [4.78, 5) is 17.9. The van der Waals surface area contributed by atoms with Gasteiger partial charge in [0.25, 0.3) is 12.3 Å². The lowest BCUT2D eigenvalue weighted by Gasteiger charge is -2.11. The highest BCUT2D eigenvalue weighted by molar-refractivity contribution is 6.08. The highest BCUT2D eigenvalue weighted by Crippen LogP contribution is 2.30. The third-order valence-corrected chi connectivity index (χ3v) is 6.44. The van der Waals surface area contributed by atoms with E-state index in [1.807, 2.05) is 31.2 Å². The molecule has 39 heavy (non-hydrogen) atoms. The van der Waals surface area contributed by atoms with Crippen LogP contribution >= 0.6 is 0 Å². The highest BCUT2D eigenvalue weighted by atomic mass is 19.3. The Kier molecular flexibility index (Phi) is 6.97. The summed E-state index contributed by atoms with van der Waals surface area (Å²) < 4.78 is 41.3. The number of fused-ring (bicyclic) bond motifs is 1. The molecule has 0 spiro atoms. The molecule has 200 valence electrons. The van der Waals surface area contributed by atoms with Crippen LogP contribution in [0.15, 0.2) is 60.8 Å². The largest absolute Gasteiger partial charge is 0.493 e. The zero-order valence-corrected chi connectivity index (χ0v) is 21.8. The summed E-state index contributed by atoms with van der Waals surface area (Å²) in [6, 6.07) is 15.8. The molecule has 0 fully saturated rings. The molecule has 0 aliphatic heterocycles. The van der Waals surface area contributed by atoms with Gasteiger partial charge < -0.3 is 14.8 Å². The van der Waals surface area contributed by atoms with Crippen molar-refractivity contribution in [2.24, 2.45) is 0 Å². The van der Waals surface area contributed by atoms with Gasteiger partial charge in [-0.2, -0.15) is 10.2 Å². The number of carbonyl (C=O) groups is 1. The Bertz CT molecular complexity index is 1660. The van der Waals surface area contributed by atoms with E-state index in [1.165, 1.54) is 12.3 Å². The fourth-order valence-corrected chi connectivity index (χ4v) is 4.42. The first-order valence-corrected chi connectivity index (χ1v) is 12.1. The van der Waals surface area contributed by atoms with Crippen LogP contribution in [0.1, 0.15) is 39.4 Å². The number of carbonyl (C=O) groups excluding carboxylic acids is 1. The molecule has 0 aliphatic rings. The number of nitrogens with one attached hydrogen (secondary N) is 1. The lowest BCUT2D eigenvalue weighted by atomic mass is 10.1. The van der Waals surface area contributed by atoms with Gasteiger partial charge in [-0.3, -0.25) is 9.48 Å². The smallest absolute Gasteiger partial charge is 0.280 e. The van der Waals surface area contributed by atoms with E-state index in [2.05, 4.69) is 20.5 Å². The number of aromatic nitrogens is 5. The van der Waals surface area contributed by atoms with Gasteiger partial charge in [0.15, 0.2) is 17.1 Å². The minimum Gasteiger partial charge on any atom is -0.493 e. The van der Waals surface area contributed by atoms with Gasteiger partial charge in [-0.1, -0.05) is 36.4 Å². The first kappa shape index (κ1) is 25.8. The van der Waals surface area contributed by atoms with Crippen LogP contribution in [0.5, 0.6) is 11.5 Å². The standard InChI is InChI=1S/C28H26F2N6O3/c1-16-25(17(2)35(34-16)15-18-10-11-23(38-3)24(12-18)39-4)33-28(37)20-14-31-36-22(26(29)30)13-21(32-27(20)36)19-8-6-5-7-9-19/h5-14,26H,15H2,1-4H3,(H,33,37). The van der Waals surface area contributed by atoms with E-state index in [1.54, 1.807) is 50.1 Å². The fraction of sp³-hybridized carbons (Fsp3) is 0.214. The number of hydrogen-bond acceptors (Lipinski definition) is 6. The topological polar surface area (TPSA) is 95.6 Å². The van der Waals surface area contributed by atoms with Crippen molar-refractivity contribution < 1.29 is 23.0 Å². The Labute approximate surface area is 223 Å². The Morgan fingerprint density at radius 3 is 2.46 bits per heavy atom. The number of anilines is 1. The first-order chi connectivity index (χ1) is 18.8. The van der Waals surface area contributed by atoms with E-state index in [0.29, 0.717) is 40.7 Å². The number of hydrogen-bond donors (Lipinski definition) is 1. The number of alkyl halides is 2. The summed E-state index contributed by atoms with van der Waals surface area (Å²) in [7, 11) is 3.14. The molecule has 11 heteroatoms. The number of amides is 1. The lowest BCUT2D eigenvalue weighted by molar-refractivity contribution is 0.102. The van der Waals surface area contributed by atoms with Gasteiger partial charge in [0, 0.05) is 5.56 Å². The lowest BCUT2D eigenvalue weighted by Crippen LogP contribution is -2.14. The molecular formula is C28H26F2N6O3. The van der Waals surface area contributed by atoms with Gasteiger partial charge in [-0.05, 0) is 37.6 Å². The normalized spacial score (nSPS) is 11.3. The Hall–Kier alpha value is -4.80. The molecule has 1 N–H and O–H groups in total. The molecule has 3 heterocycles. The second-order valence-corrected chi connectivity index (χ2v) is 8.87.